The van der Waals surface area contributed by atoms with E-state index in [-0.39, 0.29) is 6.10 Å². The molecule has 0 aromatic heterocycles. The highest BCUT2D eigenvalue weighted by molar-refractivity contribution is 5.64. The molecular formula is C15H19NO3. The van der Waals surface area contributed by atoms with Crippen LogP contribution in [0.3, 0.4) is 0 Å². The minimum Gasteiger partial charge on any atom is -0.426 e. The third-order valence-corrected chi connectivity index (χ3v) is 3.04. The van der Waals surface area contributed by atoms with E-state index in [1.165, 1.54) is 12.8 Å². The first-order valence-corrected chi connectivity index (χ1v) is 6.65. The number of ether oxygens (including phenoxy) is 2. The summed E-state index contributed by atoms with van der Waals surface area (Å²) in [5, 5.41) is 0. The Bertz CT molecular complexity index is 439. The first kappa shape index (κ1) is 13.5. The molecule has 19 heavy (non-hydrogen) atoms. The van der Waals surface area contributed by atoms with Crippen molar-refractivity contribution < 1.29 is 14.3 Å². The maximum atomic E-state index is 11.7. The van der Waals surface area contributed by atoms with Crippen molar-refractivity contribution in [3.8, 4) is 5.75 Å². The molecule has 0 fully saturated rings. The number of nitrogen functional groups attached to an aromatic ring is 1. The highest BCUT2D eigenvalue weighted by Gasteiger charge is 2.14. The number of carbonyl (C=O) groups is 1. The van der Waals surface area contributed by atoms with E-state index in [4.69, 9.17) is 15.2 Å². The summed E-state index contributed by atoms with van der Waals surface area (Å²) in [5.41, 5.74) is 6.19. The fourth-order valence-corrected chi connectivity index (χ4v) is 2.01. The van der Waals surface area contributed by atoms with Crippen LogP contribution in [-0.4, -0.2) is 12.3 Å². The molecule has 2 N–H and O–H groups in total. The van der Waals surface area contributed by atoms with E-state index in [0.717, 1.165) is 19.3 Å². The predicted molar refractivity (Wildman–Crippen MR) is 74.0 cm³/mol. The number of nitrogens with two attached hydrogens (primary N) is 1. The second-order valence-corrected chi connectivity index (χ2v) is 4.64. The minimum absolute atomic E-state index is 0.179. The highest BCUT2D eigenvalue weighted by Crippen LogP contribution is 2.17. The summed E-state index contributed by atoms with van der Waals surface area (Å²) in [6, 6.07) is 6.64. The molecule has 0 heterocycles. The van der Waals surface area contributed by atoms with Gasteiger partial charge in [0.2, 0.25) is 0 Å². The van der Waals surface area contributed by atoms with Gasteiger partial charge in [-0.3, -0.25) is 0 Å². The number of rotatable bonds is 2. The van der Waals surface area contributed by atoms with Crippen LogP contribution in [0.4, 0.5) is 10.5 Å². The molecule has 0 saturated heterocycles. The van der Waals surface area contributed by atoms with Crippen molar-refractivity contribution in [3.63, 3.8) is 0 Å². The normalized spacial score (nSPS) is 20.9. The lowest BCUT2D eigenvalue weighted by Gasteiger charge is -2.15. The van der Waals surface area contributed by atoms with Crippen molar-refractivity contribution in [2.24, 2.45) is 0 Å². The topological polar surface area (TPSA) is 61.5 Å². The molecule has 0 bridgehead atoms. The molecule has 0 radical (unpaired) electrons. The van der Waals surface area contributed by atoms with Crippen molar-refractivity contribution in [2.75, 3.05) is 5.73 Å². The fourth-order valence-electron chi connectivity index (χ4n) is 2.01. The summed E-state index contributed by atoms with van der Waals surface area (Å²) in [6.07, 6.45) is 8.53. The van der Waals surface area contributed by atoms with Gasteiger partial charge in [-0.15, -0.1) is 0 Å². The van der Waals surface area contributed by atoms with Gasteiger partial charge in [0.15, 0.2) is 0 Å². The average Bonchev–Trinajstić information content (AvgIpc) is 2.35. The lowest BCUT2D eigenvalue weighted by molar-refractivity contribution is 0.0717. The Hall–Kier alpha value is -1.97. The number of hydrogen-bond donors (Lipinski definition) is 1. The van der Waals surface area contributed by atoms with Gasteiger partial charge in [0.1, 0.15) is 11.9 Å². The second kappa shape index (κ2) is 6.83. The van der Waals surface area contributed by atoms with Crippen molar-refractivity contribution in [3.05, 3.63) is 36.4 Å². The largest absolute Gasteiger partial charge is 0.514 e. The Morgan fingerprint density at radius 1 is 1.16 bits per heavy atom. The van der Waals surface area contributed by atoms with Crippen LogP contribution in [0.15, 0.2) is 36.4 Å². The number of hydrogen-bond acceptors (Lipinski definition) is 4. The third kappa shape index (κ3) is 4.66. The van der Waals surface area contributed by atoms with E-state index in [0.29, 0.717) is 11.4 Å². The molecule has 0 saturated carbocycles. The molecule has 1 aromatic carbocycles. The van der Waals surface area contributed by atoms with Gasteiger partial charge in [0.25, 0.3) is 0 Å². The molecule has 1 aliphatic rings. The van der Waals surface area contributed by atoms with Crippen LogP contribution in [0.25, 0.3) is 0 Å². The molecular weight excluding hydrogens is 242 g/mol. The van der Waals surface area contributed by atoms with E-state index >= 15 is 0 Å². The molecule has 1 unspecified atom stereocenters. The van der Waals surface area contributed by atoms with Crippen LogP contribution in [-0.2, 0) is 4.74 Å². The zero-order valence-corrected chi connectivity index (χ0v) is 10.9. The lowest BCUT2D eigenvalue weighted by atomic mass is 10.0. The van der Waals surface area contributed by atoms with Gasteiger partial charge in [-0.2, -0.15) is 0 Å². The quantitative estimate of drug-likeness (QED) is 0.382. The van der Waals surface area contributed by atoms with Crippen LogP contribution in [0, 0.1) is 0 Å². The number of anilines is 1. The maximum absolute atomic E-state index is 11.7. The van der Waals surface area contributed by atoms with Gasteiger partial charge < -0.3 is 15.2 Å². The van der Waals surface area contributed by atoms with E-state index in [2.05, 4.69) is 6.08 Å². The predicted octanol–water partition coefficient (Wildman–Crippen LogP) is 3.67. The summed E-state index contributed by atoms with van der Waals surface area (Å²) in [6.45, 7) is 0. The van der Waals surface area contributed by atoms with Gasteiger partial charge in [-0.1, -0.05) is 12.5 Å². The molecule has 1 aliphatic carbocycles. The lowest BCUT2D eigenvalue weighted by Crippen LogP contribution is -2.19. The Morgan fingerprint density at radius 3 is 2.74 bits per heavy atom. The Labute approximate surface area is 113 Å². The molecule has 2 rings (SSSR count). The summed E-state index contributed by atoms with van der Waals surface area (Å²) in [4.78, 5) is 11.7. The Morgan fingerprint density at radius 2 is 1.95 bits per heavy atom. The monoisotopic (exact) mass is 261 g/mol. The molecule has 0 spiro atoms. The van der Waals surface area contributed by atoms with Crippen LogP contribution < -0.4 is 10.5 Å². The summed E-state index contributed by atoms with van der Waals surface area (Å²) in [5.74, 6) is 0.439. The zero-order valence-electron chi connectivity index (χ0n) is 10.9. The van der Waals surface area contributed by atoms with Gasteiger partial charge in [0, 0.05) is 5.69 Å². The molecule has 4 nitrogen and oxygen atoms in total. The van der Waals surface area contributed by atoms with Crippen LogP contribution in [0.2, 0.25) is 0 Å². The van der Waals surface area contributed by atoms with Crippen LogP contribution >= 0.6 is 0 Å². The zero-order chi connectivity index (χ0) is 13.5. The van der Waals surface area contributed by atoms with Crippen molar-refractivity contribution in [1.82, 2.24) is 0 Å². The molecule has 0 amide bonds. The molecule has 4 heteroatoms. The van der Waals surface area contributed by atoms with Crippen molar-refractivity contribution in [2.45, 2.75) is 38.2 Å². The molecule has 102 valence electrons. The fraction of sp³-hybridized carbons (Fsp3) is 0.400. The van der Waals surface area contributed by atoms with Crippen molar-refractivity contribution in [1.29, 1.82) is 0 Å². The second-order valence-electron chi connectivity index (χ2n) is 4.64. The summed E-state index contributed by atoms with van der Waals surface area (Å²) >= 11 is 0. The van der Waals surface area contributed by atoms with Crippen LogP contribution in [0.5, 0.6) is 5.75 Å². The number of allylic oxidation sites excluding steroid dienone is 1. The summed E-state index contributed by atoms with van der Waals surface area (Å²) < 4.78 is 10.4. The van der Waals surface area contributed by atoms with Gasteiger partial charge in [-0.05, 0) is 56.0 Å². The minimum atomic E-state index is -0.667. The van der Waals surface area contributed by atoms with E-state index in [1.807, 2.05) is 6.08 Å². The smallest absolute Gasteiger partial charge is 0.426 e. The maximum Gasteiger partial charge on any atom is 0.514 e. The Kier molecular flexibility index (Phi) is 4.84. The number of benzene rings is 1. The van der Waals surface area contributed by atoms with E-state index in [9.17, 15) is 4.79 Å². The van der Waals surface area contributed by atoms with E-state index in [1.54, 1.807) is 24.3 Å². The highest BCUT2D eigenvalue weighted by atomic mass is 16.7. The average molecular weight is 261 g/mol. The number of carbonyl (C=O) groups excluding carboxylic acids is 1. The molecule has 1 aromatic rings. The first-order valence-electron chi connectivity index (χ1n) is 6.65. The first-order chi connectivity index (χ1) is 9.24. The van der Waals surface area contributed by atoms with Gasteiger partial charge in [0.05, 0.1) is 0 Å². The standard InChI is InChI=1S/C15H19NO3/c16-12-8-10-14(11-9-12)19-15(17)18-13-6-4-2-1-3-5-7-13/h4,6,8-11,13H,1-3,5,7,16H2/b6-4+. The van der Waals surface area contributed by atoms with Gasteiger partial charge >= 0.3 is 6.16 Å². The van der Waals surface area contributed by atoms with E-state index < -0.39 is 6.16 Å². The summed E-state index contributed by atoms with van der Waals surface area (Å²) in [7, 11) is 0. The van der Waals surface area contributed by atoms with Crippen LogP contribution in [0.1, 0.15) is 32.1 Å². The molecule has 0 aliphatic heterocycles. The Balaban J connectivity index is 1.86. The SMILES string of the molecule is Nc1ccc(OC(=O)OC2/C=C/CCCCC2)cc1. The molecule has 1 atom stereocenters. The third-order valence-electron chi connectivity index (χ3n) is 3.04. The van der Waals surface area contributed by atoms with Crippen molar-refractivity contribution >= 4 is 11.8 Å². The van der Waals surface area contributed by atoms with Gasteiger partial charge in [-0.25, -0.2) is 4.79 Å².